The third kappa shape index (κ3) is 8.79. The van der Waals surface area contributed by atoms with Crippen LogP contribution in [0.2, 0.25) is 0 Å². The number of aliphatic hydroxyl groups is 1. The molecule has 0 aliphatic carbocycles. The first-order valence-corrected chi connectivity index (χ1v) is 11.6. The fraction of sp³-hybridized carbons (Fsp3) is 0.321. The Hall–Kier alpha value is -3.75. The molecule has 0 bridgehead atoms. The van der Waals surface area contributed by atoms with Gasteiger partial charge in [-0.25, -0.2) is 4.79 Å². The minimum atomic E-state index is -2.74. The molecule has 3 aromatic rings. The van der Waals surface area contributed by atoms with Crippen LogP contribution in [0.1, 0.15) is 48.4 Å². The zero-order valence-corrected chi connectivity index (χ0v) is 20.5. The van der Waals surface area contributed by atoms with Crippen molar-refractivity contribution in [1.82, 2.24) is 5.32 Å². The van der Waals surface area contributed by atoms with Gasteiger partial charge in [-0.2, -0.15) is 0 Å². The largest absolute Gasteiger partial charge is 0.481 e. The van der Waals surface area contributed by atoms with E-state index in [0.717, 1.165) is 12.8 Å². The minimum absolute atomic E-state index is 0.441. The number of fused-ring (bicyclic) bond motifs is 1. The third-order valence-corrected chi connectivity index (χ3v) is 5.89. The van der Waals surface area contributed by atoms with Crippen molar-refractivity contribution in [2.45, 2.75) is 50.7 Å². The molecule has 0 spiro atoms. The van der Waals surface area contributed by atoms with Gasteiger partial charge in [-0.1, -0.05) is 72.3 Å². The molecule has 0 radical (unpaired) electrons. The third-order valence-electron chi connectivity index (χ3n) is 5.89. The van der Waals surface area contributed by atoms with Gasteiger partial charge >= 0.3 is 17.9 Å². The molecule has 1 atom stereocenters. The van der Waals surface area contributed by atoms with E-state index in [1.807, 2.05) is 0 Å². The van der Waals surface area contributed by atoms with E-state index < -0.39 is 36.4 Å². The first-order valence-electron chi connectivity index (χ1n) is 11.6. The average molecular weight is 496 g/mol. The molecule has 0 aliphatic rings. The van der Waals surface area contributed by atoms with Gasteiger partial charge in [0.1, 0.15) is 0 Å². The van der Waals surface area contributed by atoms with E-state index in [2.05, 4.69) is 86.0 Å². The van der Waals surface area contributed by atoms with Crippen molar-refractivity contribution in [3.63, 3.8) is 0 Å². The van der Waals surface area contributed by atoms with Gasteiger partial charge in [-0.15, -0.1) is 0 Å². The fourth-order valence-electron chi connectivity index (χ4n) is 3.90. The van der Waals surface area contributed by atoms with Gasteiger partial charge in [0.25, 0.3) is 0 Å². The molecular weight excluding hydrogens is 462 g/mol. The Balaban J connectivity index is 0.000000302. The summed E-state index contributed by atoms with van der Waals surface area (Å²) in [6, 6.07) is 24.7. The van der Waals surface area contributed by atoms with Crippen LogP contribution in [-0.2, 0) is 20.8 Å². The summed E-state index contributed by atoms with van der Waals surface area (Å²) in [5.41, 5.74) is 1.40. The monoisotopic (exact) mass is 495 g/mol. The number of hydrogen-bond donors (Lipinski definition) is 5. The van der Waals surface area contributed by atoms with Crippen LogP contribution in [0.3, 0.4) is 0 Å². The molecule has 192 valence electrons. The molecular formula is C28H33NO7. The molecule has 3 aromatic carbocycles. The summed E-state index contributed by atoms with van der Waals surface area (Å²) in [6.45, 7) is 2.14. The minimum Gasteiger partial charge on any atom is -0.481 e. The van der Waals surface area contributed by atoms with E-state index in [1.54, 1.807) is 0 Å². The molecule has 1 unspecified atom stereocenters. The normalized spacial score (nSPS) is 11.9. The summed E-state index contributed by atoms with van der Waals surface area (Å²) < 4.78 is 0. The highest BCUT2D eigenvalue weighted by Crippen LogP contribution is 2.22. The quantitative estimate of drug-likeness (QED) is 0.266. The molecule has 0 aromatic heterocycles. The number of carboxylic acid groups (broad SMARTS) is 3. The summed E-state index contributed by atoms with van der Waals surface area (Å²) in [6.07, 6.45) is 1.20. The Morgan fingerprint density at radius 3 is 1.97 bits per heavy atom. The lowest BCUT2D eigenvalue weighted by atomic mass is 9.96. The maximum Gasteiger partial charge on any atom is 0.336 e. The van der Waals surface area contributed by atoms with Gasteiger partial charge in [0.15, 0.2) is 5.60 Å². The molecule has 0 saturated carbocycles. The van der Waals surface area contributed by atoms with E-state index in [9.17, 15) is 14.4 Å². The Morgan fingerprint density at radius 2 is 1.44 bits per heavy atom. The van der Waals surface area contributed by atoms with Crippen molar-refractivity contribution >= 4 is 28.7 Å². The van der Waals surface area contributed by atoms with E-state index in [1.165, 1.54) is 33.9 Å². The van der Waals surface area contributed by atoms with E-state index in [4.69, 9.17) is 20.4 Å². The van der Waals surface area contributed by atoms with Crippen LogP contribution in [0.25, 0.3) is 10.8 Å². The van der Waals surface area contributed by atoms with E-state index in [0.29, 0.717) is 6.04 Å². The second-order valence-electron chi connectivity index (χ2n) is 8.80. The Morgan fingerprint density at radius 1 is 0.861 bits per heavy atom. The van der Waals surface area contributed by atoms with Crippen molar-refractivity contribution in [2.75, 3.05) is 7.05 Å². The Bertz CT molecular complexity index is 1160. The molecule has 36 heavy (non-hydrogen) atoms. The molecule has 5 N–H and O–H groups in total. The number of benzene rings is 3. The van der Waals surface area contributed by atoms with Gasteiger partial charge in [0.05, 0.1) is 12.8 Å². The highest BCUT2D eigenvalue weighted by molar-refractivity contribution is 5.88. The summed E-state index contributed by atoms with van der Waals surface area (Å²) in [4.78, 5) is 30.5. The number of rotatable bonds is 11. The van der Waals surface area contributed by atoms with Crippen LogP contribution in [-0.4, -0.2) is 51.0 Å². The maximum atomic E-state index is 10.3. The molecule has 8 nitrogen and oxygen atoms in total. The lowest BCUT2D eigenvalue weighted by Crippen LogP contribution is -2.42. The zero-order chi connectivity index (χ0) is 26.7. The second kappa shape index (κ2) is 13.4. The van der Waals surface area contributed by atoms with Crippen molar-refractivity contribution in [2.24, 2.45) is 0 Å². The van der Waals surface area contributed by atoms with Crippen LogP contribution >= 0.6 is 0 Å². The number of hydrogen-bond acceptors (Lipinski definition) is 5. The molecule has 0 amide bonds. The molecule has 0 heterocycles. The van der Waals surface area contributed by atoms with Crippen molar-refractivity contribution in [3.8, 4) is 0 Å². The van der Waals surface area contributed by atoms with Crippen LogP contribution in [0.15, 0.2) is 66.7 Å². The van der Waals surface area contributed by atoms with Gasteiger partial charge in [0, 0.05) is 6.04 Å². The number of carboxylic acids is 3. The zero-order valence-electron chi connectivity index (χ0n) is 20.5. The summed E-state index contributed by atoms with van der Waals surface area (Å²) in [7, 11) is 2.06. The maximum absolute atomic E-state index is 10.3. The highest BCUT2D eigenvalue weighted by Gasteiger charge is 2.40. The van der Waals surface area contributed by atoms with Crippen molar-refractivity contribution in [3.05, 3.63) is 83.4 Å². The van der Waals surface area contributed by atoms with Crippen LogP contribution in [0, 0.1) is 6.92 Å². The van der Waals surface area contributed by atoms with Crippen LogP contribution < -0.4 is 5.32 Å². The summed E-state index contributed by atoms with van der Waals surface area (Å²) in [5.74, 6) is -5.02. The van der Waals surface area contributed by atoms with Gasteiger partial charge in [-0.3, -0.25) is 9.59 Å². The number of carbonyl (C=O) groups is 3. The SMILES string of the molecule is CNC(CCCc1ccc2ccccc2c1)c1ccc(C)cc1.O=C(O)CC(O)(CC(=O)O)C(=O)O. The summed E-state index contributed by atoms with van der Waals surface area (Å²) in [5, 5.41) is 39.9. The van der Waals surface area contributed by atoms with Crippen molar-refractivity contribution < 1.29 is 34.8 Å². The Labute approximate surface area is 210 Å². The lowest BCUT2D eigenvalue weighted by Gasteiger charge is -2.18. The predicted octanol–water partition coefficient (Wildman–Crippen LogP) is 4.18. The summed E-state index contributed by atoms with van der Waals surface area (Å²) >= 11 is 0. The lowest BCUT2D eigenvalue weighted by molar-refractivity contribution is -0.170. The van der Waals surface area contributed by atoms with Gasteiger partial charge in [0.2, 0.25) is 0 Å². The smallest absolute Gasteiger partial charge is 0.336 e. The average Bonchev–Trinajstić information content (AvgIpc) is 2.82. The standard InChI is InChI=1S/C22H25N.C6H8O7/c1-17-10-13-20(14-11-17)22(23-2)9-5-6-18-12-15-19-7-3-4-8-21(19)16-18;7-3(8)1-6(13,5(11)12)2-4(9)10/h3-4,7-8,10-16,22-23H,5-6,9H2,1-2H3;13H,1-2H2,(H,7,8)(H,9,10)(H,11,12). The van der Waals surface area contributed by atoms with Crippen LogP contribution in [0.4, 0.5) is 0 Å². The number of aryl methyl sites for hydroxylation is 2. The molecule has 0 fully saturated rings. The number of aliphatic carboxylic acids is 3. The van der Waals surface area contributed by atoms with Crippen LogP contribution in [0.5, 0.6) is 0 Å². The Kier molecular flexibility index (Phi) is 10.6. The molecule has 0 aliphatic heterocycles. The topological polar surface area (TPSA) is 144 Å². The van der Waals surface area contributed by atoms with Crippen molar-refractivity contribution in [1.29, 1.82) is 0 Å². The fourth-order valence-corrected chi connectivity index (χ4v) is 3.90. The predicted molar refractivity (Wildman–Crippen MR) is 137 cm³/mol. The number of nitrogens with one attached hydrogen (secondary N) is 1. The highest BCUT2D eigenvalue weighted by atomic mass is 16.4. The molecule has 8 heteroatoms. The second-order valence-corrected chi connectivity index (χ2v) is 8.80. The first kappa shape index (κ1) is 28.5. The van der Waals surface area contributed by atoms with Gasteiger partial charge < -0.3 is 25.7 Å². The molecule has 3 rings (SSSR count). The first-order chi connectivity index (χ1) is 17.0. The van der Waals surface area contributed by atoms with E-state index in [-0.39, 0.29) is 0 Å². The van der Waals surface area contributed by atoms with Gasteiger partial charge in [-0.05, 0) is 55.1 Å². The van der Waals surface area contributed by atoms with E-state index >= 15 is 0 Å². The molecule has 0 saturated heterocycles.